The molecule has 0 saturated heterocycles. The fraction of sp³-hybridized carbons (Fsp3) is 0.278. The molecule has 1 amide bonds. The van der Waals surface area contributed by atoms with Gasteiger partial charge in [0.1, 0.15) is 19.0 Å². The summed E-state index contributed by atoms with van der Waals surface area (Å²) < 4.78 is 16.5. The summed E-state index contributed by atoms with van der Waals surface area (Å²) in [5, 5.41) is 0.884. The zero-order chi connectivity index (χ0) is 17.8. The van der Waals surface area contributed by atoms with Crippen LogP contribution in [0.4, 0.5) is 0 Å². The first-order valence-electron chi connectivity index (χ1n) is 7.73. The van der Waals surface area contributed by atoms with Crippen molar-refractivity contribution in [3.05, 3.63) is 52.0 Å². The van der Waals surface area contributed by atoms with Gasteiger partial charge in [0.15, 0.2) is 18.1 Å². The van der Waals surface area contributed by atoms with Crippen LogP contribution < -0.4 is 14.2 Å². The molecule has 0 aliphatic carbocycles. The Morgan fingerprint density at radius 1 is 1.12 bits per heavy atom. The molecule has 2 aromatic rings. The third-order valence-corrected chi connectivity index (χ3v) is 4.23. The second-order valence-electron chi connectivity index (χ2n) is 5.59. The predicted octanol–water partition coefficient (Wildman–Crippen LogP) is 3.80. The van der Waals surface area contributed by atoms with Crippen LogP contribution in [0.3, 0.4) is 0 Å². The third-order valence-electron chi connectivity index (χ3n) is 3.70. The molecule has 1 aliphatic rings. The molecule has 1 aliphatic heterocycles. The maximum Gasteiger partial charge on any atom is 0.260 e. The van der Waals surface area contributed by atoms with E-state index in [1.54, 1.807) is 30.1 Å². The van der Waals surface area contributed by atoms with Crippen LogP contribution in [0.15, 0.2) is 36.4 Å². The van der Waals surface area contributed by atoms with Crippen molar-refractivity contribution in [1.29, 1.82) is 0 Å². The quantitative estimate of drug-likeness (QED) is 0.789. The van der Waals surface area contributed by atoms with E-state index in [-0.39, 0.29) is 12.5 Å². The Hall–Kier alpha value is -2.11. The average Bonchev–Trinajstić information content (AvgIpc) is 2.60. The summed E-state index contributed by atoms with van der Waals surface area (Å²) in [6, 6.07) is 10.5. The average molecular weight is 382 g/mol. The molecule has 5 nitrogen and oxygen atoms in total. The molecule has 0 bridgehead atoms. The lowest BCUT2D eigenvalue weighted by Crippen LogP contribution is -2.31. The highest BCUT2D eigenvalue weighted by Gasteiger charge is 2.15. The molecule has 0 spiro atoms. The Kier molecular flexibility index (Phi) is 5.56. The molecule has 0 atom stereocenters. The van der Waals surface area contributed by atoms with Crippen molar-refractivity contribution in [2.24, 2.45) is 0 Å². The highest BCUT2D eigenvalue weighted by atomic mass is 35.5. The largest absolute Gasteiger partial charge is 0.486 e. The number of rotatable bonds is 5. The van der Waals surface area contributed by atoms with Gasteiger partial charge in [0.2, 0.25) is 0 Å². The minimum atomic E-state index is -0.166. The lowest BCUT2D eigenvalue weighted by molar-refractivity contribution is -0.132. The van der Waals surface area contributed by atoms with E-state index in [0.29, 0.717) is 41.3 Å². The molecule has 0 aromatic heterocycles. The Morgan fingerprint density at radius 2 is 1.88 bits per heavy atom. The first kappa shape index (κ1) is 17.7. The van der Waals surface area contributed by atoms with Crippen LogP contribution in [0.5, 0.6) is 17.2 Å². The Labute approximate surface area is 156 Å². The number of benzene rings is 2. The maximum absolute atomic E-state index is 12.3. The minimum absolute atomic E-state index is 0.109. The molecule has 3 rings (SSSR count). The van der Waals surface area contributed by atoms with Gasteiger partial charge in [-0.25, -0.2) is 0 Å². The van der Waals surface area contributed by atoms with Crippen molar-refractivity contribution in [1.82, 2.24) is 4.90 Å². The van der Waals surface area contributed by atoms with Crippen molar-refractivity contribution in [3.8, 4) is 17.2 Å². The molecule has 0 saturated carbocycles. The van der Waals surface area contributed by atoms with Gasteiger partial charge in [0.25, 0.3) is 5.91 Å². The van der Waals surface area contributed by atoms with Crippen LogP contribution in [0.25, 0.3) is 0 Å². The number of ether oxygens (including phenoxy) is 3. The van der Waals surface area contributed by atoms with Gasteiger partial charge in [-0.2, -0.15) is 0 Å². The van der Waals surface area contributed by atoms with Crippen molar-refractivity contribution < 1.29 is 19.0 Å². The number of carbonyl (C=O) groups is 1. The van der Waals surface area contributed by atoms with Gasteiger partial charge < -0.3 is 19.1 Å². The Balaban J connectivity index is 1.57. The van der Waals surface area contributed by atoms with E-state index < -0.39 is 0 Å². The monoisotopic (exact) mass is 381 g/mol. The van der Waals surface area contributed by atoms with Crippen molar-refractivity contribution in [2.75, 3.05) is 26.9 Å². The van der Waals surface area contributed by atoms with Gasteiger partial charge in [-0.3, -0.25) is 4.79 Å². The van der Waals surface area contributed by atoms with Crippen LogP contribution in [0.1, 0.15) is 5.56 Å². The van der Waals surface area contributed by atoms with Gasteiger partial charge in [0, 0.05) is 18.6 Å². The zero-order valence-electron chi connectivity index (χ0n) is 13.6. The van der Waals surface area contributed by atoms with Gasteiger partial charge in [0.05, 0.1) is 5.02 Å². The fourth-order valence-electron chi connectivity index (χ4n) is 2.39. The van der Waals surface area contributed by atoms with Crippen molar-refractivity contribution >= 4 is 29.1 Å². The minimum Gasteiger partial charge on any atom is -0.486 e. The summed E-state index contributed by atoms with van der Waals surface area (Å²) in [5.74, 6) is 1.69. The number of halogens is 2. The molecule has 2 aromatic carbocycles. The first-order valence-corrected chi connectivity index (χ1v) is 8.49. The Bertz CT molecular complexity index is 782. The molecule has 0 radical (unpaired) electrons. The molecule has 1 heterocycles. The van der Waals surface area contributed by atoms with Crippen LogP contribution in [0, 0.1) is 0 Å². The topological polar surface area (TPSA) is 48.0 Å². The summed E-state index contributed by atoms with van der Waals surface area (Å²) in [5.41, 5.74) is 0.949. The van der Waals surface area contributed by atoms with E-state index in [4.69, 9.17) is 37.4 Å². The second-order valence-corrected chi connectivity index (χ2v) is 6.43. The summed E-state index contributed by atoms with van der Waals surface area (Å²) in [6.45, 7) is 1.41. The molecule has 25 heavy (non-hydrogen) atoms. The van der Waals surface area contributed by atoms with Gasteiger partial charge >= 0.3 is 0 Å². The summed E-state index contributed by atoms with van der Waals surface area (Å²) in [4.78, 5) is 13.8. The van der Waals surface area contributed by atoms with Gasteiger partial charge in [-0.05, 0) is 35.9 Å². The lowest BCUT2D eigenvalue weighted by Gasteiger charge is -2.21. The van der Waals surface area contributed by atoms with E-state index in [9.17, 15) is 4.79 Å². The van der Waals surface area contributed by atoms with E-state index in [0.717, 1.165) is 11.3 Å². The number of hydrogen-bond donors (Lipinski definition) is 0. The second kappa shape index (κ2) is 7.85. The highest BCUT2D eigenvalue weighted by Crippen LogP contribution is 2.31. The number of hydrogen-bond acceptors (Lipinski definition) is 4. The molecular formula is C18H17Cl2NO4. The molecule has 0 fully saturated rings. The standard InChI is InChI=1S/C18H17Cl2NO4/c1-21(10-12-2-4-16-17(8-12)24-7-6-23-16)18(22)11-25-15-5-3-13(19)9-14(15)20/h2-5,8-9H,6-7,10-11H2,1H3. The molecule has 0 N–H and O–H groups in total. The van der Waals surface area contributed by atoms with Crippen molar-refractivity contribution in [2.45, 2.75) is 6.54 Å². The number of amides is 1. The number of likely N-dealkylation sites (N-methyl/N-ethyl adjacent to an activating group) is 1. The summed E-state index contributed by atoms with van der Waals surface area (Å²) in [6.07, 6.45) is 0. The number of nitrogens with zero attached hydrogens (tertiary/aromatic N) is 1. The zero-order valence-corrected chi connectivity index (χ0v) is 15.1. The molecule has 0 unspecified atom stereocenters. The number of fused-ring (bicyclic) bond motifs is 1. The van der Waals surface area contributed by atoms with Crippen LogP contribution in [-0.4, -0.2) is 37.7 Å². The van der Waals surface area contributed by atoms with Crippen LogP contribution in [-0.2, 0) is 11.3 Å². The molecular weight excluding hydrogens is 365 g/mol. The van der Waals surface area contributed by atoms with E-state index in [1.807, 2.05) is 18.2 Å². The van der Waals surface area contributed by atoms with E-state index in [1.165, 1.54) is 0 Å². The van der Waals surface area contributed by atoms with Gasteiger partial charge in [-0.15, -0.1) is 0 Å². The fourth-order valence-corrected chi connectivity index (χ4v) is 2.85. The SMILES string of the molecule is CN(Cc1ccc2c(c1)OCCO2)C(=O)COc1ccc(Cl)cc1Cl. The first-order chi connectivity index (χ1) is 12.0. The normalized spacial score (nSPS) is 12.6. The maximum atomic E-state index is 12.3. The van der Waals surface area contributed by atoms with E-state index >= 15 is 0 Å². The molecule has 132 valence electrons. The predicted molar refractivity (Wildman–Crippen MR) is 95.9 cm³/mol. The highest BCUT2D eigenvalue weighted by molar-refractivity contribution is 6.35. The summed E-state index contributed by atoms with van der Waals surface area (Å²) >= 11 is 11.9. The van der Waals surface area contributed by atoms with Crippen LogP contribution in [0.2, 0.25) is 10.0 Å². The van der Waals surface area contributed by atoms with Gasteiger partial charge in [-0.1, -0.05) is 29.3 Å². The van der Waals surface area contributed by atoms with E-state index in [2.05, 4.69) is 0 Å². The summed E-state index contributed by atoms with van der Waals surface area (Å²) in [7, 11) is 1.71. The van der Waals surface area contributed by atoms with Crippen molar-refractivity contribution in [3.63, 3.8) is 0 Å². The lowest BCUT2D eigenvalue weighted by atomic mass is 10.2. The number of carbonyl (C=O) groups excluding carboxylic acids is 1. The smallest absolute Gasteiger partial charge is 0.260 e. The Morgan fingerprint density at radius 3 is 2.64 bits per heavy atom. The van der Waals surface area contributed by atoms with Crippen LogP contribution >= 0.6 is 23.2 Å². The molecule has 7 heteroatoms. The third kappa shape index (κ3) is 4.50.